The molecule has 0 radical (unpaired) electrons. The van der Waals surface area contributed by atoms with Crippen molar-refractivity contribution in [3.8, 4) is 0 Å². The summed E-state index contributed by atoms with van der Waals surface area (Å²) < 4.78 is 27.5. The molecule has 0 atom stereocenters. The van der Waals surface area contributed by atoms with Crippen molar-refractivity contribution in [2.75, 3.05) is 13.7 Å². The zero-order valence-corrected chi connectivity index (χ0v) is 14.2. The van der Waals surface area contributed by atoms with Gasteiger partial charge in [-0.15, -0.1) is 0 Å². The Balaban J connectivity index is 1.93. The Labute approximate surface area is 141 Å². The number of benzene rings is 2. The second-order valence-electron chi connectivity index (χ2n) is 5.29. The number of carbonyl (C=O) groups excluding carboxylic acids is 1. The molecule has 0 aliphatic heterocycles. The molecular weight excluding hydrogens is 328 g/mol. The van der Waals surface area contributed by atoms with Gasteiger partial charge in [-0.05, 0) is 35.7 Å². The van der Waals surface area contributed by atoms with Crippen molar-refractivity contribution < 1.29 is 17.9 Å². The number of primary sulfonamides is 1. The van der Waals surface area contributed by atoms with Gasteiger partial charge in [0.25, 0.3) is 5.91 Å². The number of ether oxygens (including phenoxy) is 1. The van der Waals surface area contributed by atoms with Crippen molar-refractivity contribution in [2.45, 2.75) is 17.9 Å². The van der Waals surface area contributed by atoms with Gasteiger partial charge in [-0.3, -0.25) is 4.79 Å². The summed E-state index contributed by atoms with van der Waals surface area (Å²) in [6.45, 7) is 0.813. The van der Waals surface area contributed by atoms with Crippen LogP contribution >= 0.6 is 0 Å². The summed E-state index contributed by atoms with van der Waals surface area (Å²) in [6, 6.07) is 13.6. The number of nitrogens with two attached hydrogens (primary N) is 1. The van der Waals surface area contributed by atoms with Crippen molar-refractivity contribution >= 4 is 15.9 Å². The van der Waals surface area contributed by atoms with Crippen LogP contribution in [0, 0.1) is 0 Å². The summed E-state index contributed by atoms with van der Waals surface area (Å²) in [6.07, 6.45) is 0.586. The van der Waals surface area contributed by atoms with E-state index in [0.717, 1.165) is 11.1 Å². The van der Waals surface area contributed by atoms with E-state index in [1.54, 1.807) is 31.4 Å². The summed E-state index contributed by atoms with van der Waals surface area (Å²) in [7, 11) is -2.10. The van der Waals surface area contributed by atoms with Crippen molar-refractivity contribution in [1.82, 2.24) is 5.32 Å². The van der Waals surface area contributed by atoms with E-state index in [9.17, 15) is 13.2 Å². The van der Waals surface area contributed by atoms with Crippen molar-refractivity contribution in [1.29, 1.82) is 0 Å². The number of sulfonamides is 1. The number of rotatable bonds is 7. The van der Waals surface area contributed by atoms with E-state index in [0.29, 0.717) is 25.1 Å². The number of carbonyl (C=O) groups is 1. The summed E-state index contributed by atoms with van der Waals surface area (Å²) in [4.78, 5) is 12.3. The fourth-order valence-corrected chi connectivity index (χ4v) is 2.80. The van der Waals surface area contributed by atoms with E-state index < -0.39 is 10.0 Å². The minimum absolute atomic E-state index is 0.0729. The third-order valence-electron chi connectivity index (χ3n) is 3.51. The van der Waals surface area contributed by atoms with Gasteiger partial charge in [-0.25, -0.2) is 13.6 Å². The highest BCUT2D eigenvalue weighted by molar-refractivity contribution is 7.89. The van der Waals surface area contributed by atoms with Crippen LogP contribution in [0.2, 0.25) is 0 Å². The van der Waals surface area contributed by atoms with Crippen LogP contribution in [0.25, 0.3) is 0 Å². The Morgan fingerprint density at radius 1 is 1.12 bits per heavy atom. The molecule has 0 bridgehead atoms. The van der Waals surface area contributed by atoms with E-state index in [1.165, 1.54) is 12.1 Å². The summed E-state index contributed by atoms with van der Waals surface area (Å²) in [5.41, 5.74) is 2.33. The first-order chi connectivity index (χ1) is 11.4. The van der Waals surface area contributed by atoms with E-state index >= 15 is 0 Å². The number of nitrogens with one attached hydrogen (secondary N) is 1. The average Bonchev–Trinajstić information content (AvgIpc) is 2.55. The first-order valence-corrected chi connectivity index (χ1v) is 8.93. The maximum Gasteiger partial charge on any atom is 0.251 e. The largest absolute Gasteiger partial charge is 0.380 e. The molecule has 6 nitrogen and oxygen atoms in total. The first kappa shape index (κ1) is 18.1. The van der Waals surface area contributed by atoms with Crippen LogP contribution in [-0.2, 0) is 27.8 Å². The maximum absolute atomic E-state index is 12.3. The van der Waals surface area contributed by atoms with Gasteiger partial charge in [0.15, 0.2) is 0 Å². The molecule has 2 aromatic rings. The minimum atomic E-state index is -3.68. The molecule has 3 N–H and O–H groups in total. The van der Waals surface area contributed by atoms with Crippen LogP contribution < -0.4 is 10.5 Å². The lowest BCUT2D eigenvalue weighted by Crippen LogP contribution is -2.26. The normalized spacial score (nSPS) is 11.2. The van der Waals surface area contributed by atoms with Gasteiger partial charge in [0.05, 0.1) is 11.5 Å². The maximum atomic E-state index is 12.3. The zero-order chi connectivity index (χ0) is 17.6. The molecule has 24 heavy (non-hydrogen) atoms. The van der Waals surface area contributed by atoms with Gasteiger partial charge < -0.3 is 10.1 Å². The summed E-state index contributed by atoms with van der Waals surface area (Å²) >= 11 is 0. The molecule has 0 fully saturated rings. The quantitative estimate of drug-likeness (QED) is 0.791. The lowest BCUT2D eigenvalue weighted by molar-refractivity contribution is 0.0949. The van der Waals surface area contributed by atoms with Gasteiger partial charge in [0, 0.05) is 19.2 Å². The van der Waals surface area contributed by atoms with E-state index in [-0.39, 0.29) is 10.8 Å². The molecule has 2 rings (SSSR count). The molecule has 0 heterocycles. The number of hydrogen-bond acceptors (Lipinski definition) is 4. The highest BCUT2D eigenvalue weighted by atomic mass is 32.2. The molecule has 128 valence electrons. The fourth-order valence-electron chi connectivity index (χ4n) is 2.28. The molecule has 2 aromatic carbocycles. The van der Waals surface area contributed by atoms with Crippen LogP contribution in [-0.4, -0.2) is 28.0 Å². The number of hydrogen-bond donors (Lipinski definition) is 2. The molecule has 0 aliphatic carbocycles. The number of amides is 1. The third kappa shape index (κ3) is 4.89. The summed E-state index contributed by atoms with van der Waals surface area (Å²) in [5, 5.41) is 7.91. The molecule has 0 saturated carbocycles. The highest BCUT2D eigenvalue weighted by Gasteiger charge is 2.10. The predicted octanol–water partition coefficient (Wildman–Crippen LogP) is 1.45. The topological polar surface area (TPSA) is 98.5 Å². The number of methoxy groups -OCH3 is 1. The van der Waals surface area contributed by atoms with Crippen LogP contribution in [0.3, 0.4) is 0 Å². The Morgan fingerprint density at radius 3 is 2.42 bits per heavy atom. The highest BCUT2D eigenvalue weighted by Crippen LogP contribution is 2.11. The Kier molecular flexibility index (Phi) is 6.08. The SMILES string of the molecule is COCc1ccccc1C(=O)NCCc1ccc(S(N)(=O)=O)cc1. The van der Waals surface area contributed by atoms with E-state index in [4.69, 9.17) is 9.88 Å². The molecule has 1 amide bonds. The van der Waals surface area contributed by atoms with Crippen LogP contribution in [0.1, 0.15) is 21.5 Å². The monoisotopic (exact) mass is 348 g/mol. The molecule has 0 saturated heterocycles. The Morgan fingerprint density at radius 2 is 1.79 bits per heavy atom. The Bertz CT molecular complexity index is 802. The summed E-state index contributed by atoms with van der Waals surface area (Å²) in [5.74, 6) is -0.163. The van der Waals surface area contributed by atoms with Gasteiger partial charge in [-0.2, -0.15) is 0 Å². The van der Waals surface area contributed by atoms with Crippen LogP contribution in [0.4, 0.5) is 0 Å². The average molecular weight is 348 g/mol. The smallest absolute Gasteiger partial charge is 0.251 e. The first-order valence-electron chi connectivity index (χ1n) is 7.38. The van der Waals surface area contributed by atoms with Crippen molar-refractivity contribution in [3.05, 3.63) is 65.2 Å². The van der Waals surface area contributed by atoms with Crippen molar-refractivity contribution in [2.24, 2.45) is 5.14 Å². The van der Waals surface area contributed by atoms with Gasteiger partial charge >= 0.3 is 0 Å². The second-order valence-corrected chi connectivity index (χ2v) is 6.85. The molecule has 0 spiro atoms. The van der Waals surface area contributed by atoms with Gasteiger partial charge in [-0.1, -0.05) is 30.3 Å². The van der Waals surface area contributed by atoms with Crippen LogP contribution in [0.15, 0.2) is 53.4 Å². The Hall–Kier alpha value is -2.22. The second kappa shape index (κ2) is 8.05. The zero-order valence-electron chi connectivity index (χ0n) is 13.4. The van der Waals surface area contributed by atoms with Crippen molar-refractivity contribution in [3.63, 3.8) is 0 Å². The van der Waals surface area contributed by atoms with Crippen LogP contribution in [0.5, 0.6) is 0 Å². The standard InChI is InChI=1S/C17H20N2O4S/c1-23-12-14-4-2-3-5-16(14)17(20)19-11-10-13-6-8-15(9-7-13)24(18,21)22/h2-9H,10-12H2,1H3,(H,19,20)(H2,18,21,22). The third-order valence-corrected chi connectivity index (χ3v) is 4.44. The lowest BCUT2D eigenvalue weighted by atomic mass is 10.1. The molecule has 0 aliphatic rings. The van der Waals surface area contributed by atoms with E-state index in [1.807, 2.05) is 12.1 Å². The lowest BCUT2D eigenvalue weighted by Gasteiger charge is -2.10. The molecular formula is C17H20N2O4S. The fraction of sp³-hybridized carbons (Fsp3) is 0.235. The minimum Gasteiger partial charge on any atom is -0.380 e. The van der Waals surface area contributed by atoms with Gasteiger partial charge in [0.2, 0.25) is 10.0 Å². The molecule has 0 unspecified atom stereocenters. The molecule has 0 aromatic heterocycles. The molecule has 7 heteroatoms. The predicted molar refractivity (Wildman–Crippen MR) is 91.0 cm³/mol. The van der Waals surface area contributed by atoms with E-state index in [2.05, 4.69) is 5.32 Å². The van der Waals surface area contributed by atoms with Gasteiger partial charge in [0.1, 0.15) is 0 Å².